The molecule has 0 saturated heterocycles. The van der Waals surface area contributed by atoms with Crippen LogP contribution in [0.1, 0.15) is 22.3 Å². The number of nitriles is 1. The van der Waals surface area contributed by atoms with Gasteiger partial charge in [-0.25, -0.2) is 4.31 Å². The van der Waals surface area contributed by atoms with Gasteiger partial charge in [0.05, 0.1) is 16.5 Å². The lowest BCUT2D eigenvalue weighted by molar-refractivity contribution is -0.158. The number of aliphatic carboxylic acids is 1. The van der Waals surface area contributed by atoms with Crippen LogP contribution in [0.5, 0.6) is 5.75 Å². The summed E-state index contributed by atoms with van der Waals surface area (Å²) in [6, 6.07) is 24.3. The summed E-state index contributed by atoms with van der Waals surface area (Å²) in [6.45, 7) is 1.13. The fourth-order valence-corrected chi connectivity index (χ4v) is 4.38. The lowest BCUT2D eigenvalue weighted by atomic mass is 9.98. The van der Waals surface area contributed by atoms with E-state index in [-0.39, 0.29) is 6.42 Å². The number of carboxylic acid groups (broad SMARTS) is 1. The molecule has 0 saturated carbocycles. The van der Waals surface area contributed by atoms with E-state index in [1.54, 1.807) is 30.3 Å². The van der Waals surface area contributed by atoms with Gasteiger partial charge in [0.15, 0.2) is 12.0 Å². The van der Waals surface area contributed by atoms with Crippen molar-refractivity contribution < 1.29 is 25.0 Å². The Morgan fingerprint density at radius 3 is 2.06 bits per heavy atom. The molecule has 0 aliphatic heterocycles. The Morgan fingerprint density at radius 2 is 1.53 bits per heavy atom. The molecule has 0 aromatic heterocycles. The van der Waals surface area contributed by atoms with Crippen molar-refractivity contribution in [3.8, 4) is 11.8 Å². The van der Waals surface area contributed by atoms with Gasteiger partial charge >= 0.3 is 5.97 Å². The quantitative estimate of drug-likeness (QED) is 0.185. The lowest BCUT2D eigenvalue weighted by Crippen LogP contribution is -2.29. The van der Waals surface area contributed by atoms with E-state index in [4.69, 9.17) is 21.1 Å². The minimum Gasteiger partial charge on any atom is -0.481 e. The number of nitrogens with two attached hydrogens (primary N) is 1. The van der Waals surface area contributed by atoms with Gasteiger partial charge in [0.25, 0.3) is 0 Å². The summed E-state index contributed by atoms with van der Waals surface area (Å²) in [5.41, 5.74) is 3.29. The van der Waals surface area contributed by atoms with Crippen molar-refractivity contribution in [2.45, 2.75) is 30.7 Å². The highest BCUT2D eigenvalue weighted by atomic mass is 32.2. The van der Waals surface area contributed by atoms with Crippen LogP contribution in [0.15, 0.2) is 77.7 Å². The summed E-state index contributed by atoms with van der Waals surface area (Å²) in [4.78, 5) is 17.1. The zero-order valence-electron chi connectivity index (χ0n) is 18.2. The van der Waals surface area contributed by atoms with E-state index >= 15 is 0 Å². The fraction of sp³-hybridized carbons (Fsp3) is 0.200. The number of hydrogen-bond acceptors (Lipinski definition) is 8. The van der Waals surface area contributed by atoms with Crippen molar-refractivity contribution in [2.24, 2.45) is 11.8 Å². The lowest BCUT2D eigenvalue weighted by Gasteiger charge is -2.22. The van der Waals surface area contributed by atoms with Crippen LogP contribution in [-0.2, 0) is 24.3 Å². The maximum absolute atomic E-state index is 11.2. The number of carbonyl (C=O) groups is 1. The Morgan fingerprint density at radius 1 is 0.971 bits per heavy atom. The van der Waals surface area contributed by atoms with Crippen molar-refractivity contribution in [1.82, 2.24) is 4.31 Å². The summed E-state index contributed by atoms with van der Waals surface area (Å²) in [7, 11) is 0. The van der Waals surface area contributed by atoms with Crippen molar-refractivity contribution in [3.63, 3.8) is 0 Å². The molecule has 0 amide bonds. The third kappa shape index (κ3) is 7.05. The molecule has 0 aliphatic carbocycles. The van der Waals surface area contributed by atoms with Crippen molar-refractivity contribution >= 4 is 17.9 Å². The minimum atomic E-state index is -1.93. The second kappa shape index (κ2) is 12.2. The number of benzene rings is 3. The molecule has 0 spiro atoms. The van der Waals surface area contributed by atoms with E-state index in [0.717, 1.165) is 16.0 Å². The Hall–Kier alpha value is -3.39. The van der Waals surface area contributed by atoms with E-state index in [1.165, 1.54) is 11.9 Å². The SMILES string of the molecule is N#Cc1ccc(CN(Cc2ccc(CC(C(=O)O)C(O)O)cc2)Sc2ccccc2ON)cc1. The van der Waals surface area contributed by atoms with Gasteiger partial charge in [-0.3, -0.25) is 4.79 Å². The summed E-state index contributed by atoms with van der Waals surface area (Å²) < 4.78 is 2.12. The largest absolute Gasteiger partial charge is 0.481 e. The van der Waals surface area contributed by atoms with Gasteiger partial charge in [-0.2, -0.15) is 11.2 Å². The number of rotatable bonds is 11. The van der Waals surface area contributed by atoms with Crippen LogP contribution < -0.4 is 10.7 Å². The average Bonchev–Trinajstić information content (AvgIpc) is 2.84. The first-order valence-corrected chi connectivity index (χ1v) is 11.2. The van der Waals surface area contributed by atoms with Crippen LogP contribution in [0.3, 0.4) is 0 Å². The topological polar surface area (TPSA) is 140 Å². The number of aliphatic hydroxyl groups excluding tert-OH is 1. The monoisotopic (exact) mass is 479 g/mol. The fourth-order valence-electron chi connectivity index (χ4n) is 3.33. The Labute approximate surface area is 201 Å². The normalized spacial score (nSPS) is 11.9. The molecule has 0 bridgehead atoms. The molecule has 0 aliphatic rings. The van der Waals surface area contributed by atoms with Gasteiger partial charge < -0.3 is 20.2 Å². The highest BCUT2D eigenvalue weighted by molar-refractivity contribution is 7.97. The Balaban J connectivity index is 1.78. The maximum Gasteiger partial charge on any atom is 0.312 e. The predicted molar refractivity (Wildman–Crippen MR) is 127 cm³/mol. The third-order valence-electron chi connectivity index (χ3n) is 5.16. The van der Waals surface area contributed by atoms with Gasteiger partial charge in [-0.1, -0.05) is 48.5 Å². The van der Waals surface area contributed by atoms with Crippen LogP contribution in [0.25, 0.3) is 0 Å². The van der Waals surface area contributed by atoms with E-state index in [0.29, 0.717) is 30.0 Å². The molecule has 3 aromatic carbocycles. The smallest absolute Gasteiger partial charge is 0.312 e. The molecule has 0 fully saturated rings. The molecule has 9 heteroatoms. The second-order valence-corrected chi connectivity index (χ2v) is 8.78. The van der Waals surface area contributed by atoms with Crippen LogP contribution >= 0.6 is 11.9 Å². The number of nitrogens with zero attached hydrogens (tertiary/aromatic N) is 2. The second-order valence-electron chi connectivity index (χ2n) is 7.64. The first kappa shape index (κ1) is 25.2. The van der Waals surface area contributed by atoms with Gasteiger partial charge in [0.2, 0.25) is 0 Å². The molecular weight excluding hydrogens is 454 g/mol. The van der Waals surface area contributed by atoms with Crippen LogP contribution in [0, 0.1) is 17.2 Å². The first-order valence-electron chi connectivity index (χ1n) is 10.4. The molecule has 34 heavy (non-hydrogen) atoms. The van der Waals surface area contributed by atoms with E-state index in [2.05, 4.69) is 10.4 Å². The highest BCUT2D eigenvalue weighted by Crippen LogP contribution is 2.33. The molecule has 0 heterocycles. The summed E-state index contributed by atoms with van der Waals surface area (Å²) in [6.07, 6.45) is -1.92. The standard InChI is InChI=1S/C25H25N3O5S/c26-14-18-7-11-20(12-8-18)16-28(34-23-4-2-1-3-22(23)33-27)15-19-9-5-17(6-10-19)13-21(24(29)30)25(31)32/h1-12,21,24,29-30H,13,15-16,27H2,(H,31,32). The van der Waals surface area contributed by atoms with Crippen LogP contribution in [0.4, 0.5) is 0 Å². The third-order valence-corrected chi connectivity index (χ3v) is 6.21. The van der Waals surface area contributed by atoms with Gasteiger partial charge in [0, 0.05) is 13.1 Å². The summed E-state index contributed by atoms with van der Waals surface area (Å²) >= 11 is 1.48. The molecule has 3 rings (SSSR count). The molecule has 3 aromatic rings. The zero-order valence-corrected chi connectivity index (χ0v) is 19.1. The Bertz CT molecular complexity index is 1130. The first-order chi connectivity index (χ1) is 16.4. The number of para-hydroxylation sites is 1. The molecule has 1 unspecified atom stereocenters. The van der Waals surface area contributed by atoms with Crippen LogP contribution in [0.2, 0.25) is 0 Å². The molecule has 1 atom stereocenters. The van der Waals surface area contributed by atoms with Gasteiger partial charge in [-0.05, 0) is 59.3 Å². The van der Waals surface area contributed by atoms with Crippen LogP contribution in [-0.4, -0.2) is 31.9 Å². The van der Waals surface area contributed by atoms with Gasteiger partial charge in [-0.15, -0.1) is 0 Å². The molecule has 5 N–H and O–H groups in total. The van der Waals surface area contributed by atoms with E-state index < -0.39 is 18.2 Å². The molecule has 8 nitrogen and oxygen atoms in total. The molecule has 0 radical (unpaired) electrons. The Kier molecular flexibility index (Phi) is 9.04. The minimum absolute atomic E-state index is 0.0121. The van der Waals surface area contributed by atoms with E-state index in [1.807, 2.05) is 42.5 Å². The number of hydrogen-bond donors (Lipinski definition) is 4. The van der Waals surface area contributed by atoms with Crippen molar-refractivity contribution in [3.05, 3.63) is 95.1 Å². The number of aliphatic hydroxyl groups is 2. The highest BCUT2D eigenvalue weighted by Gasteiger charge is 2.25. The zero-order chi connectivity index (χ0) is 24.5. The van der Waals surface area contributed by atoms with E-state index in [9.17, 15) is 15.0 Å². The molecular formula is C25H25N3O5S. The van der Waals surface area contributed by atoms with Crippen molar-refractivity contribution in [2.75, 3.05) is 0 Å². The average molecular weight is 480 g/mol. The summed E-state index contributed by atoms with van der Waals surface area (Å²) in [5, 5.41) is 36.8. The van der Waals surface area contributed by atoms with Gasteiger partial charge in [0.1, 0.15) is 5.92 Å². The predicted octanol–water partition coefficient (Wildman–Crippen LogP) is 3.07. The summed E-state index contributed by atoms with van der Waals surface area (Å²) in [5.74, 6) is 3.42. The number of carboxylic acids is 1. The van der Waals surface area contributed by atoms with Crippen molar-refractivity contribution in [1.29, 1.82) is 5.26 Å². The maximum atomic E-state index is 11.2. The molecule has 176 valence electrons.